The van der Waals surface area contributed by atoms with Crippen molar-refractivity contribution in [2.24, 2.45) is 4.36 Å². The maximum absolute atomic E-state index is 12.0. The van der Waals surface area contributed by atoms with Crippen LogP contribution in [0.15, 0.2) is 59.0 Å². The van der Waals surface area contributed by atoms with E-state index in [0.717, 1.165) is 5.56 Å². The van der Waals surface area contributed by atoms with E-state index >= 15 is 0 Å². The van der Waals surface area contributed by atoms with Crippen molar-refractivity contribution in [1.82, 2.24) is 5.32 Å². The first-order valence-corrected chi connectivity index (χ1v) is 8.57. The zero-order valence-corrected chi connectivity index (χ0v) is 14.3. The summed E-state index contributed by atoms with van der Waals surface area (Å²) in [5.41, 5.74) is 1.32. The van der Waals surface area contributed by atoms with Gasteiger partial charge in [0.05, 0.1) is 18.2 Å². The van der Waals surface area contributed by atoms with Crippen molar-refractivity contribution in [3.8, 4) is 0 Å². The molecule has 2 N–H and O–H groups in total. The van der Waals surface area contributed by atoms with Crippen LogP contribution in [0, 0.1) is 0 Å². The van der Waals surface area contributed by atoms with Crippen LogP contribution in [-0.4, -0.2) is 25.6 Å². The molecule has 8 nitrogen and oxygen atoms in total. The predicted octanol–water partition coefficient (Wildman–Crippen LogP) is 2.82. The average molecular weight is 376 g/mol. The van der Waals surface area contributed by atoms with Crippen LogP contribution in [0.4, 0.5) is 10.5 Å². The molecule has 2 rings (SSSR count). The summed E-state index contributed by atoms with van der Waals surface area (Å²) in [6, 6.07) is 14.0. The number of carbonyl (C=O) groups excluding carboxylic acids is 1. The van der Waals surface area contributed by atoms with Gasteiger partial charge in [-0.25, -0.2) is 4.79 Å². The zero-order chi connectivity index (χ0) is 18.9. The summed E-state index contributed by atoms with van der Waals surface area (Å²) in [4.78, 5) is 23.1. The summed E-state index contributed by atoms with van der Waals surface area (Å²) in [7, 11) is -2.64. The number of amides is 1. The van der Waals surface area contributed by atoms with Crippen molar-refractivity contribution in [3.05, 3.63) is 65.7 Å². The van der Waals surface area contributed by atoms with Crippen molar-refractivity contribution in [2.75, 3.05) is 0 Å². The number of nitrogens with one attached hydrogen (secondary N) is 1. The molecule has 0 aliphatic rings. The molecular formula is C17H16N2O6S. The summed E-state index contributed by atoms with van der Waals surface area (Å²) in [5, 5.41) is 11.5. The second-order valence-electron chi connectivity index (χ2n) is 5.26. The Bertz CT molecular complexity index is 904. The fourth-order valence-electron chi connectivity index (χ4n) is 2.22. The highest BCUT2D eigenvalue weighted by atomic mass is 32.2. The van der Waals surface area contributed by atoms with Gasteiger partial charge in [0.15, 0.2) is 0 Å². The molecule has 0 saturated carbocycles. The second-order valence-corrected chi connectivity index (χ2v) is 5.88. The van der Waals surface area contributed by atoms with Gasteiger partial charge in [-0.1, -0.05) is 42.5 Å². The number of carboxylic acids is 1. The number of aliphatic carboxylic acids is 1. The normalized spacial score (nSPS) is 11.2. The lowest BCUT2D eigenvalue weighted by atomic mass is 10.0. The van der Waals surface area contributed by atoms with E-state index in [1.165, 1.54) is 18.2 Å². The van der Waals surface area contributed by atoms with E-state index in [4.69, 9.17) is 9.84 Å². The Morgan fingerprint density at radius 2 is 1.85 bits per heavy atom. The van der Waals surface area contributed by atoms with Crippen molar-refractivity contribution in [2.45, 2.75) is 19.1 Å². The standard InChI is InChI=1S/C17H16N2O6S/c20-16(21)10-15(13-7-4-8-14(9-13)19-26(23)24)18-17(22)25-11-12-5-2-1-3-6-12/h1-9,15H,10-11H2,(H,18,22)(H,20,21)/t15-/m1/s1. The summed E-state index contributed by atoms with van der Waals surface area (Å²) in [6.45, 7) is 0.0387. The molecule has 2 aromatic rings. The van der Waals surface area contributed by atoms with Gasteiger partial charge in [-0.2, -0.15) is 8.42 Å². The van der Waals surface area contributed by atoms with E-state index in [2.05, 4.69) is 9.68 Å². The van der Waals surface area contributed by atoms with Gasteiger partial charge in [-0.3, -0.25) is 4.79 Å². The number of benzene rings is 2. The van der Waals surface area contributed by atoms with Crippen LogP contribution in [0.5, 0.6) is 0 Å². The summed E-state index contributed by atoms with van der Waals surface area (Å²) in [5.74, 6) is -1.13. The predicted molar refractivity (Wildman–Crippen MR) is 92.2 cm³/mol. The summed E-state index contributed by atoms with van der Waals surface area (Å²) >= 11 is 0. The first kappa shape index (κ1) is 19.1. The number of carboxylic acid groups (broad SMARTS) is 1. The van der Waals surface area contributed by atoms with Crippen LogP contribution in [0.25, 0.3) is 0 Å². The van der Waals surface area contributed by atoms with Crippen LogP contribution in [0.3, 0.4) is 0 Å². The van der Waals surface area contributed by atoms with Gasteiger partial charge in [0.25, 0.3) is 0 Å². The molecule has 0 heterocycles. The Hall–Kier alpha value is -3.20. The zero-order valence-electron chi connectivity index (χ0n) is 13.5. The van der Waals surface area contributed by atoms with Gasteiger partial charge < -0.3 is 15.2 Å². The molecule has 0 aliphatic carbocycles. The van der Waals surface area contributed by atoms with Crippen molar-refractivity contribution in [3.63, 3.8) is 0 Å². The molecule has 0 radical (unpaired) electrons. The average Bonchev–Trinajstić information content (AvgIpc) is 2.59. The molecule has 0 fully saturated rings. The molecule has 0 bridgehead atoms. The number of alkyl carbamates (subject to hydrolysis) is 1. The molecule has 9 heteroatoms. The van der Waals surface area contributed by atoms with Gasteiger partial charge >= 0.3 is 22.6 Å². The van der Waals surface area contributed by atoms with E-state index in [-0.39, 0.29) is 12.3 Å². The Kier molecular flexibility index (Phi) is 6.86. The van der Waals surface area contributed by atoms with Crippen LogP contribution in [0.2, 0.25) is 0 Å². The first-order valence-electron chi connectivity index (χ1n) is 7.54. The molecule has 0 unspecified atom stereocenters. The highest BCUT2D eigenvalue weighted by Gasteiger charge is 2.19. The maximum atomic E-state index is 12.0. The monoisotopic (exact) mass is 376 g/mol. The van der Waals surface area contributed by atoms with Crippen LogP contribution < -0.4 is 5.32 Å². The fraction of sp³-hybridized carbons (Fsp3) is 0.176. The topological polar surface area (TPSA) is 122 Å². The molecule has 26 heavy (non-hydrogen) atoms. The minimum Gasteiger partial charge on any atom is -0.481 e. The van der Waals surface area contributed by atoms with Gasteiger partial charge in [-0.15, -0.1) is 4.36 Å². The Morgan fingerprint density at radius 1 is 1.12 bits per heavy atom. The third-order valence-corrected chi connectivity index (χ3v) is 3.70. The van der Waals surface area contributed by atoms with E-state index < -0.39 is 35.0 Å². The molecule has 0 aliphatic heterocycles. The third-order valence-electron chi connectivity index (χ3n) is 3.34. The highest BCUT2D eigenvalue weighted by Crippen LogP contribution is 2.22. The van der Waals surface area contributed by atoms with Gasteiger partial charge in [0.1, 0.15) is 6.61 Å². The van der Waals surface area contributed by atoms with E-state index in [1.54, 1.807) is 30.3 Å². The van der Waals surface area contributed by atoms with Crippen LogP contribution >= 0.6 is 0 Å². The molecule has 0 spiro atoms. The van der Waals surface area contributed by atoms with Gasteiger partial charge in [0.2, 0.25) is 0 Å². The number of hydrogen-bond acceptors (Lipinski definition) is 6. The lowest BCUT2D eigenvalue weighted by Gasteiger charge is -2.17. The van der Waals surface area contributed by atoms with E-state index in [0.29, 0.717) is 5.56 Å². The molecule has 1 atom stereocenters. The smallest absolute Gasteiger partial charge is 0.407 e. The largest absolute Gasteiger partial charge is 0.481 e. The van der Waals surface area contributed by atoms with Crippen molar-refractivity contribution in [1.29, 1.82) is 0 Å². The minimum absolute atomic E-state index is 0.0387. The van der Waals surface area contributed by atoms with Crippen molar-refractivity contribution >= 4 is 28.3 Å². The number of nitrogens with zero attached hydrogens (tertiary/aromatic N) is 1. The SMILES string of the molecule is O=C(O)C[C@@H](NC(=O)OCc1ccccc1)c1cccc(N=S(=O)=O)c1. The molecule has 136 valence electrons. The van der Waals surface area contributed by atoms with E-state index in [9.17, 15) is 18.0 Å². The van der Waals surface area contributed by atoms with Crippen LogP contribution in [0.1, 0.15) is 23.6 Å². The highest BCUT2D eigenvalue weighted by molar-refractivity contribution is 7.61. The summed E-state index contributed by atoms with van der Waals surface area (Å²) < 4.78 is 29.8. The summed E-state index contributed by atoms with van der Waals surface area (Å²) in [6.07, 6.45) is -1.18. The molecule has 1 amide bonds. The number of carbonyl (C=O) groups is 2. The maximum Gasteiger partial charge on any atom is 0.407 e. The van der Waals surface area contributed by atoms with Crippen molar-refractivity contribution < 1.29 is 27.9 Å². The lowest BCUT2D eigenvalue weighted by molar-refractivity contribution is -0.137. The minimum atomic E-state index is -2.64. The Morgan fingerprint density at radius 3 is 2.50 bits per heavy atom. The Labute approximate surface area is 151 Å². The molecule has 0 aromatic heterocycles. The molecule has 2 aromatic carbocycles. The number of ether oxygens (including phenoxy) is 1. The second kappa shape index (κ2) is 9.33. The lowest BCUT2D eigenvalue weighted by Crippen LogP contribution is -2.30. The van der Waals surface area contributed by atoms with Gasteiger partial charge in [-0.05, 0) is 23.3 Å². The number of rotatable bonds is 7. The fourth-order valence-corrected chi connectivity index (χ4v) is 2.50. The quantitative estimate of drug-likeness (QED) is 0.766. The van der Waals surface area contributed by atoms with E-state index in [1.807, 2.05) is 6.07 Å². The first-order chi connectivity index (χ1) is 12.4. The Balaban J connectivity index is 2.10. The number of hydrogen-bond donors (Lipinski definition) is 2. The molecular weight excluding hydrogens is 360 g/mol. The third kappa shape index (κ3) is 6.36. The molecule has 0 saturated heterocycles. The van der Waals surface area contributed by atoms with Gasteiger partial charge in [0, 0.05) is 0 Å². The van der Waals surface area contributed by atoms with Crippen LogP contribution in [-0.2, 0) is 26.6 Å².